The summed E-state index contributed by atoms with van der Waals surface area (Å²) in [6.45, 7) is 2.78. The highest BCUT2D eigenvalue weighted by Gasteiger charge is 2.46. The Morgan fingerprint density at radius 2 is 1.50 bits per heavy atom. The third kappa shape index (κ3) is 6.17. The number of anilines is 1. The molecule has 1 unspecified atom stereocenters. The van der Waals surface area contributed by atoms with Gasteiger partial charge in [0.1, 0.15) is 11.5 Å². The van der Waals surface area contributed by atoms with Crippen LogP contribution in [0.1, 0.15) is 59.3 Å². The number of Topliss-reactive ketones (excluding diaryl/α,β-unsaturated/α-hetero) is 1. The minimum Gasteiger partial charge on any atom is -0.507 e. The van der Waals surface area contributed by atoms with Gasteiger partial charge < -0.3 is 24.7 Å². The summed E-state index contributed by atoms with van der Waals surface area (Å²) in [4.78, 5) is 41.3. The highest BCUT2D eigenvalue weighted by atomic mass is 16.5. The van der Waals surface area contributed by atoms with Crippen molar-refractivity contribution >= 4 is 29.1 Å². The summed E-state index contributed by atoms with van der Waals surface area (Å²) in [6.07, 6.45) is 3.13. The second-order valence-electron chi connectivity index (χ2n) is 9.99. The summed E-state index contributed by atoms with van der Waals surface area (Å²) >= 11 is 0. The molecule has 1 amide bonds. The lowest BCUT2D eigenvalue weighted by atomic mass is 9.95. The first-order valence-corrected chi connectivity index (χ1v) is 13.3. The number of carboxylic acid groups (broad SMARTS) is 1. The number of carbonyl (C=O) groups is 3. The molecule has 1 atom stereocenters. The van der Waals surface area contributed by atoms with E-state index in [1.54, 1.807) is 36.4 Å². The van der Waals surface area contributed by atoms with Gasteiger partial charge in [0.2, 0.25) is 0 Å². The first kappa shape index (κ1) is 28.4. The van der Waals surface area contributed by atoms with Crippen LogP contribution in [0, 0.1) is 0 Å². The molecule has 1 heterocycles. The average molecular weight is 543 g/mol. The number of hydrogen-bond acceptors (Lipinski definition) is 6. The summed E-state index contributed by atoms with van der Waals surface area (Å²) in [6, 6.07) is 19.6. The molecular weight excluding hydrogens is 508 g/mol. The number of carboxylic acids is 1. The molecule has 0 saturated carbocycles. The van der Waals surface area contributed by atoms with Crippen LogP contribution in [0.2, 0.25) is 0 Å². The van der Waals surface area contributed by atoms with Crippen molar-refractivity contribution in [1.29, 1.82) is 0 Å². The first-order chi connectivity index (χ1) is 19.2. The van der Waals surface area contributed by atoms with E-state index < -0.39 is 23.7 Å². The molecule has 3 aromatic carbocycles. The molecule has 1 saturated heterocycles. The standard InChI is InChI=1S/C32H34N2O6/c1-4-5-6-19-40-26-17-13-23(14-18-26)29(35)27-28(22-11-15-25(16-12-22)33(2)3)34(31(37)30(27)36)20-21-7-9-24(10-8-21)32(38)39/h7-18,28,35H,4-6,19-20H2,1-3H3,(H,38,39)/b29-27+. The Hall–Kier alpha value is -4.59. The van der Waals surface area contributed by atoms with E-state index in [1.165, 1.54) is 17.0 Å². The zero-order chi connectivity index (χ0) is 28.8. The maximum atomic E-state index is 13.4. The number of rotatable bonds is 11. The molecule has 0 radical (unpaired) electrons. The normalized spacial score (nSPS) is 16.3. The summed E-state index contributed by atoms with van der Waals surface area (Å²) in [5.41, 5.74) is 2.80. The van der Waals surface area contributed by atoms with Crippen LogP contribution >= 0.6 is 0 Å². The number of likely N-dealkylation sites (tertiary alicyclic amines) is 1. The van der Waals surface area contributed by atoms with Gasteiger partial charge in [-0.15, -0.1) is 0 Å². The Kier molecular flexibility index (Phi) is 8.89. The minimum atomic E-state index is -1.05. The number of hydrogen-bond donors (Lipinski definition) is 2. The van der Waals surface area contributed by atoms with Gasteiger partial charge in [0.25, 0.3) is 11.7 Å². The van der Waals surface area contributed by atoms with Crippen molar-refractivity contribution in [3.63, 3.8) is 0 Å². The van der Waals surface area contributed by atoms with Crippen molar-refractivity contribution in [1.82, 2.24) is 4.90 Å². The second kappa shape index (κ2) is 12.5. The van der Waals surface area contributed by atoms with Gasteiger partial charge in [0.15, 0.2) is 0 Å². The molecule has 0 bridgehead atoms. The third-order valence-electron chi connectivity index (χ3n) is 6.96. The summed E-state index contributed by atoms with van der Waals surface area (Å²) in [7, 11) is 3.83. The molecular formula is C32H34N2O6. The molecule has 1 aliphatic heterocycles. The van der Waals surface area contributed by atoms with Gasteiger partial charge >= 0.3 is 5.97 Å². The van der Waals surface area contributed by atoms with Crippen LogP contribution in [0.15, 0.2) is 78.4 Å². The van der Waals surface area contributed by atoms with Crippen molar-refractivity contribution in [2.45, 2.75) is 38.8 Å². The molecule has 2 N–H and O–H groups in total. The Labute approximate surface area is 234 Å². The zero-order valence-electron chi connectivity index (χ0n) is 23.0. The zero-order valence-corrected chi connectivity index (χ0v) is 23.0. The molecule has 8 nitrogen and oxygen atoms in total. The number of aromatic carboxylic acids is 1. The predicted octanol–water partition coefficient (Wildman–Crippen LogP) is 5.64. The van der Waals surface area contributed by atoms with Gasteiger partial charge in [-0.25, -0.2) is 4.79 Å². The highest BCUT2D eigenvalue weighted by molar-refractivity contribution is 6.46. The van der Waals surface area contributed by atoms with Gasteiger partial charge in [-0.1, -0.05) is 44.0 Å². The Morgan fingerprint density at radius 1 is 0.875 bits per heavy atom. The van der Waals surface area contributed by atoms with Gasteiger partial charge in [-0.2, -0.15) is 0 Å². The first-order valence-electron chi connectivity index (χ1n) is 13.3. The Morgan fingerprint density at radius 3 is 2.08 bits per heavy atom. The third-order valence-corrected chi connectivity index (χ3v) is 6.96. The topological polar surface area (TPSA) is 107 Å². The number of carbonyl (C=O) groups excluding carboxylic acids is 2. The Bertz CT molecular complexity index is 1390. The van der Waals surface area contributed by atoms with E-state index in [0.29, 0.717) is 29.0 Å². The van der Waals surface area contributed by atoms with E-state index in [0.717, 1.165) is 24.9 Å². The quantitative estimate of drug-likeness (QED) is 0.140. The monoisotopic (exact) mass is 542 g/mol. The van der Waals surface area contributed by atoms with Crippen LogP contribution < -0.4 is 9.64 Å². The van der Waals surface area contributed by atoms with Crippen LogP contribution in [0.3, 0.4) is 0 Å². The number of aliphatic hydroxyl groups excluding tert-OH is 1. The van der Waals surface area contributed by atoms with Gasteiger partial charge in [0, 0.05) is 31.9 Å². The SMILES string of the molecule is CCCCCOc1ccc(/C(O)=C2\C(=O)C(=O)N(Cc3ccc(C(=O)O)cc3)C2c2ccc(N(C)C)cc2)cc1. The second-order valence-corrected chi connectivity index (χ2v) is 9.99. The smallest absolute Gasteiger partial charge is 0.335 e. The fourth-order valence-electron chi connectivity index (χ4n) is 4.70. The molecule has 8 heteroatoms. The van der Waals surface area contributed by atoms with Crippen LogP contribution in [-0.2, 0) is 16.1 Å². The predicted molar refractivity (Wildman–Crippen MR) is 153 cm³/mol. The lowest BCUT2D eigenvalue weighted by Gasteiger charge is -2.26. The summed E-state index contributed by atoms with van der Waals surface area (Å²) < 4.78 is 5.77. The van der Waals surface area contributed by atoms with E-state index >= 15 is 0 Å². The molecule has 1 aliphatic rings. The van der Waals surface area contributed by atoms with Crippen molar-refractivity contribution in [3.8, 4) is 5.75 Å². The number of benzene rings is 3. The molecule has 208 valence electrons. The molecule has 1 fully saturated rings. The van der Waals surface area contributed by atoms with Crippen molar-refractivity contribution in [3.05, 3.63) is 101 Å². The van der Waals surface area contributed by atoms with Crippen molar-refractivity contribution in [2.75, 3.05) is 25.6 Å². The number of unbranched alkanes of at least 4 members (excludes halogenated alkanes) is 2. The average Bonchev–Trinajstić information content (AvgIpc) is 3.20. The number of aliphatic hydroxyl groups is 1. The summed E-state index contributed by atoms with van der Waals surface area (Å²) in [5.74, 6) is -2.16. The molecule has 3 aromatic rings. The number of nitrogens with zero attached hydrogens (tertiary/aromatic N) is 2. The van der Waals surface area contributed by atoms with E-state index in [4.69, 9.17) is 4.74 Å². The van der Waals surface area contributed by atoms with Crippen LogP contribution in [0.4, 0.5) is 5.69 Å². The maximum absolute atomic E-state index is 13.4. The van der Waals surface area contributed by atoms with Gasteiger partial charge in [-0.3, -0.25) is 9.59 Å². The lowest BCUT2D eigenvalue weighted by Crippen LogP contribution is -2.29. The largest absolute Gasteiger partial charge is 0.507 e. The van der Waals surface area contributed by atoms with Crippen LogP contribution in [0.25, 0.3) is 5.76 Å². The molecule has 40 heavy (non-hydrogen) atoms. The molecule has 0 aliphatic carbocycles. The fraction of sp³-hybridized carbons (Fsp3) is 0.281. The number of ether oxygens (including phenoxy) is 1. The molecule has 0 aromatic heterocycles. The molecule has 0 spiro atoms. The van der Waals surface area contributed by atoms with Crippen LogP contribution in [-0.4, -0.2) is 53.5 Å². The molecule has 4 rings (SSSR count). The van der Waals surface area contributed by atoms with E-state index in [2.05, 4.69) is 6.92 Å². The number of amides is 1. The summed E-state index contributed by atoms with van der Waals surface area (Å²) in [5, 5.41) is 20.6. The maximum Gasteiger partial charge on any atom is 0.335 e. The van der Waals surface area contributed by atoms with E-state index in [1.807, 2.05) is 43.3 Å². The van der Waals surface area contributed by atoms with E-state index in [9.17, 15) is 24.6 Å². The Balaban J connectivity index is 1.71. The lowest BCUT2D eigenvalue weighted by molar-refractivity contribution is -0.140. The van der Waals surface area contributed by atoms with Gasteiger partial charge in [0.05, 0.1) is 23.8 Å². The number of ketones is 1. The van der Waals surface area contributed by atoms with Crippen molar-refractivity contribution in [2.24, 2.45) is 0 Å². The van der Waals surface area contributed by atoms with E-state index in [-0.39, 0.29) is 23.4 Å². The minimum absolute atomic E-state index is 0.00127. The fourth-order valence-corrected chi connectivity index (χ4v) is 4.70. The van der Waals surface area contributed by atoms with Crippen LogP contribution in [0.5, 0.6) is 5.75 Å². The highest BCUT2D eigenvalue weighted by Crippen LogP contribution is 2.41. The van der Waals surface area contributed by atoms with Gasteiger partial charge in [-0.05, 0) is 66.1 Å². The van der Waals surface area contributed by atoms with Crippen molar-refractivity contribution < 1.29 is 29.3 Å².